The Balaban J connectivity index is 1.76. The molecular formula is C25H29ClN2O. The highest BCUT2D eigenvalue weighted by molar-refractivity contribution is 6.31. The van der Waals surface area contributed by atoms with E-state index in [1.165, 1.54) is 0 Å². The second-order valence-corrected chi connectivity index (χ2v) is 7.82. The van der Waals surface area contributed by atoms with Crippen molar-refractivity contribution in [2.24, 2.45) is 0 Å². The molecule has 0 aliphatic rings. The maximum absolute atomic E-state index is 13.0. The lowest BCUT2D eigenvalue weighted by Crippen LogP contribution is -2.30. The molecule has 0 fully saturated rings. The molecule has 0 spiro atoms. The van der Waals surface area contributed by atoms with E-state index >= 15 is 0 Å². The molecule has 0 radical (unpaired) electrons. The summed E-state index contributed by atoms with van der Waals surface area (Å²) in [6.07, 6.45) is 5.81. The third-order valence-electron chi connectivity index (χ3n) is 5.14. The molecule has 4 heteroatoms. The molecule has 0 bridgehead atoms. The molecule has 0 saturated heterocycles. The van der Waals surface area contributed by atoms with Crippen LogP contribution in [0.2, 0.25) is 5.02 Å². The summed E-state index contributed by atoms with van der Waals surface area (Å²) in [5.41, 5.74) is 3.35. The van der Waals surface area contributed by atoms with Crippen molar-refractivity contribution in [3.05, 3.63) is 94.8 Å². The highest BCUT2D eigenvalue weighted by Gasteiger charge is 2.16. The van der Waals surface area contributed by atoms with Gasteiger partial charge in [0.05, 0.1) is 6.54 Å². The van der Waals surface area contributed by atoms with Crippen LogP contribution in [0.15, 0.2) is 72.9 Å². The highest BCUT2D eigenvalue weighted by Crippen LogP contribution is 2.19. The van der Waals surface area contributed by atoms with Crippen LogP contribution in [-0.2, 0) is 24.4 Å². The Labute approximate surface area is 178 Å². The zero-order valence-corrected chi connectivity index (χ0v) is 17.8. The van der Waals surface area contributed by atoms with Crippen LogP contribution in [0, 0.1) is 0 Å². The Morgan fingerprint density at radius 2 is 1.69 bits per heavy atom. The number of unbranched alkanes of at least 4 members (excludes halogenated alkanes) is 2. The largest absolute Gasteiger partial charge is 0.345 e. The average molecular weight is 409 g/mol. The van der Waals surface area contributed by atoms with Crippen LogP contribution in [0.5, 0.6) is 0 Å². The Hall–Kier alpha value is -2.52. The van der Waals surface area contributed by atoms with Crippen LogP contribution in [0.25, 0.3) is 0 Å². The van der Waals surface area contributed by atoms with E-state index in [9.17, 15) is 4.79 Å². The minimum absolute atomic E-state index is 0.216. The van der Waals surface area contributed by atoms with E-state index in [4.69, 9.17) is 11.6 Å². The van der Waals surface area contributed by atoms with E-state index in [0.29, 0.717) is 26.1 Å². The van der Waals surface area contributed by atoms with Crippen LogP contribution in [0.3, 0.4) is 0 Å². The fourth-order valence-corrected chi connectivity index (χ4v) is 3.67. The maximum Gasteiger partial charge on any atom is 0.223 e. The van der Waals surface area contributed by atoms with Gasteiger partial charge in [0.2, 0.25) is 5.91 Å². The number of benzene rings is 2. The van der Waals surface area contributed by atoms with Crippen molar-refractivity contribution in [1.82, 2.24) is 9.47 Å². The summed E-state index contributed by atoms with van der Waals surface area (Å²) in [5.74, 6) is 0.216. The van der Waals surface area contributed by atoms with Crippen molar-refractivity contribution in [2.45, 2.75) is 52.2 Å². The highest BCUT2D eigenvalue weighted by atomic mass is 35.5. The molecule has 3 aromatic rings. The lowest BCUT2D eigenvalue weighted by atomic mass is 10.1. The van der Waals surface area contributed by atoms with Gasteiger partial charge in [-0.3, -0.25) is 4.79 Å². The van der Waals surface area contributed by atoms with Crippen molar-refractivity contribution in [3.8, 4) is 0 Å². The molecule has 1 amide bonds. The summed E-state index contributed by atoms with van der Waals surface area (Å²) >= 11 is 6.35. The number of amides is 1. The smallest absolute Gasteiger partial charge is 0.223 e. The zero-order valence-electron chi connectivity index (χ0n) is 17.1. The summed E-state index contributed by atoms with van der Waals surface area (Å²) in [7, 11) is 0. The number of rotatable bonds is 10. The van der Waals surface area contributed by atoms with E-state index < -0.39 is 0 Å². The van der Waals surface area contributed by atoms with Crippen LogP contribution in [0.1, 0.15) is 49.4 Å². The van der Waals surface area contributed by atoms with Crippen LogP contribution >= 0.6 is 11.6 Å². The van der Waals surface area contributed by atoms with Gasteiger partial charge in [-0.15, -0.1) is 0 Å². The van der Waals surface area contributed by atoms with E-state index in [1.54, 1.807) is 0 Å². The molecule has 0 saturated carbocycles. The second-order valence-electron chi connectivity index (χ2n) is 7.41. The monoisotopic (exact) mass is 408 g/mol. The van der Waals surface area contributed by atoms with E-state index in [1.807, 2.05) is 53.4 Å². The maximum atomic E-state index is 13.0. The molecule has 29 heavy (non-hydrogen) atoms. The minimum atomic E-state index is 0.216. The molecule has 3 nitrogen and oxygen atoms in total. The number of halogens is 1. The minimum Gasteiger partial charge on any atom is -0.345 e. The Bertz CT molecular complexity index is 904. The van der Waals surface area contributed by atoms with Gasteiger partial charge in [-0.25, -0.2) is 0 Å². The third kappa shape index (κ3) is 6.23. The van der Waals surface area contributed by atoms with Crippen molar-refractivity contribution < 1.29 is 4.79 Å². The fourth-order valence-electron chi connectivity index (χ4n) is 3.47. The molecule has 3 rings (SSSR count). The van der Waals surface area contributed by atoms with Gasteiger partial charge in [-0.05, 0) is 35.7 Å². The Morgan fingerprint density at radius 3 is 2.45 bits per heavy atom. The van der Waals surface area contributed by atoms with Gasteiger partial charge in [-0.1, -0.05) is 79.9 Å². The normalized spacial score (nSPS) is 10.8. The molecule has 0 unspecified atom stereocenters. The first kappa shape index (κ1) is 21.2. The topological polar surface area (TPSA) is 25.2 Å². The molecule has 0 aliphatic carbocycles. The van der Waals surface area contributed by atoms with E-state index in [-0.39, 0.29) is 5.91 Å². The summed E-state index contributed by atoms with van der Waals surface area (Å²) in [5, 5.41) is 0.768. The molecule has 152 valence electrons. The first-order valence-electron chi connectivity index (χ1n) is 10.4. The predicted octanol–water partition coefficient (Wildman–Crippen LogP) is 6.30. The van der Waals surface area contributed by atoms with Crippen LogP contribution < -0.4 is 0 Å². The SMILES string of the molecule is CCCCCC(=O)N(Cc1ccccc1)Cc1cccn1Cc1ccccc1Cl. The average Bonchev–Trinajstić information content (AvgIpc) is 3.17. The summed E-state index contributed by atoms with van der Waals surface area (Å²) in [6, 6.07) is 22.2. The third-order valence-corrected chi connectivity index (χ3v) is 5.51. The van der Waals surface area contributed by atoms with Crippen LogP contribution in [0.4, 0.5) is 0 Å². The molecule has 0 aliphatic heterocycles. The van der Waals surface area contributed by atoms with Gasteiger partial charge in [0.15, 0.2) is 0 Å². The van der Waals surface area contributed by atoms with E-state index in [2.05, 4.69) is 35.9 Å². The van der Waals surface area contributed by atoms with Gasteiger partial charge < -0.3 is 9.47 Å². The first-order chi connectivity index (χ1) is 14.2. The lowest BCUT2D eigenvalue weighted by molar-refractivity contribution is -0.132. The zero-order chi connectivity index (χ0) is 20.5. The predicted molar refractivity (Wildman–Crippen MR) is 120 cm³/mol. The molecule has 0 atom stereocenters. The molecule has 2 aromatic carbocycles. The number of aromatic nitrogens is 1. The van der Waals surface area contributed by atoms with E-state index in [0.717, 1.165) is 41.1 Å². The van der Waals surface area contributed by atoms with Crippen molar-refractivity contribution >= 4 is 17.5 Å². The van der Waals surface area contributed by atoms with Gasteiger partial charge in [0.1, 0.15) is 0 Å². The number of hydrogen-bond donors (Lipinski definition) is 0. The van der Waals surface area contributed by atoms with Gasteiger partial charge in [0, 0.05) is 36.4 Å². The number of nitrogens with zero attached hydrogens (tertiary/aromatic N) is 2. The summed E-state index contributed by atoms with van der Waals surface area (Å²) < 4.78 is 2.18. The molecule has 0 N–H and O–H groups in total. The number of carbonyl (C=O) groups excluding carboxylic acids is 1. The molecule has 1 aromatic heterocycles. The Morgan fingerprint density at radius 1 is 0.931 bits per heavy atom. The standard InChI is InChI=1S/C25H29ClN2O/c1-2-3-5-16-25(29)28(18-21-11-6-4-7-12-21)20-23-14-10-17-27(23)19-22-13-8-9-15-24(22)26/h4,6-15,17H,2-3,5,16,18-20H2,1H3. The fraction of sp³-hybridized carbons (Fsp3) is 0.320. The van der Waals surface area contributed by atoms with Crippen molar-refractivity contribution in [1.29, 1.82) is 0 Å². The summed E-state index contributed by atoms with van der Waals surface area (Å²) in [6.45, 7) is 4.08. The summed E-state index contributed by atoms with van der Waals surface area (Å²) in [4.78, 5) is 14.9. The first-order valence-corrected chi connectivity index (χ1v) is 10.7. The van der Waals surface area contributed by atoms with Gasteiger partial charge >= 0.3 is 0 Å². The number of carbonyl (C=O) groups is 1. The molecular weight excluding hydrogens is 380 g/mol. The lowest BCUT2D eigenvalue weighted by Gasteiger charge is -2.24. The van der Waals surface area contributed by atoms with Gasteiger partial charge in [-0.2, -0.15) is 0 Å². The second kappa shape index (κ2) is 10.9. The van der Waals surface area contributed by atoms with Crippen molar-refractivity contribution in [2.75, 3.05) is 0 Å². The van der Waals surface area contributed by atoms with Crippen molar-refractivity contribution in [3.63, 3.8) is 0 Å². The molecule has 1 heterocycles. The Kier molecular flexibility index (Phi) is 7.94. The number of hydrogen-bond acceptors (Lipinski definition) is 1. The van der Waals surface area contributed by atoms with Crippen LogP contribution in [-0.4, -0.2) is 15.4 Å². The van der Waals surface area contributed by atoms with Gasteiger partial charge in [0.25, 0.3) is 0 Å². The quantitative estimate of drug-likeness (QED) is 0.361.